The number of unbranched alkanes of at least 4 members (excludes halogenated alkanes) is 2. The third kappa shape index (κ3) is 8.41. The van der Waals surface area contributed by atoms with Crippen LogP contribution in [0.25, 0.3) is 0 Å². The minimum absolute atomic E-state index is 0.140. The van der Waals surface area contributed by atoms with E-state index in [0.717, 1.165) is 19.3 Å². The molecule has 0 aromatic carbocycles. The van der Waals surface area contributed by atoms with Crippen LogP contribution in [0.3, 0.4) is 0 Å². The van der Waals surface area contributed by atoms with E-state index in [1.54, 1.807) is 0 Å². The molecule has 0 aliphatic heterocycles. The molecule has 0 heterocycles. The van der Waals surface area contributed by atoms with Crippen LogP contribution >= 0.6 is 7.91 Å². The first-order chi connectivity index (χ1) is 6.12. The Morgan fingerprint density at radius 1 is 1.08 bits per heavy atom. The smallest absolute Gasteiger partial charge is 0.284 e. The third-order valence-electron chi connectivity index (χ3n) is 1.44. The zero-order chi connectivity index (χ0) is 10.2. The average molecular weight is 212 g/mol. The molecule has 13 heavy (non-hydrogen) atoms. The van der Waals surface area contributed by atoms with Crippen LogP contribution in [-0.4, -0.2) is 13.2 Å². The molecule has 0 aromatic heterocycles. The normalized spacial score (nSPS) is 15.6. The summed E-state index contributed by atoms with van der Waals surface area (Å²) < 4.78 is 32.6. The molecule has 0 aromatic rings. The lowest BCUT2D eigenvalue weighted by molar-refractivity contribution is 0.172. The highest BCUT2D eigenvalue weighted by atomic mass is 31.2. The maximum absolute atomic E-state index is 12.8. The van der Waals surface area contributed by atoms with Crippen molar-refractivity contribution < 1.29 is 17.8 Å². The van der Waals surface area contributed by atoms with Crippen LogP contribution in [0.5, 0.6) is 0 Å². The Bertz CT molecular complexity index is 163. The van der Waals surface area contributed by atoms with Gasteiger partial charge in [0.25, 0.3) is 0 Å². The van der Waals surface area contributed by atoms with Gasteiger partial charge in [-0.1, -0.05) is 26.7 Å². The number of rotatable bonds is 8. The second-order valence-corrected chi connectivity index (χ2v) is 4.18. The van der Waals surface area contributed by atoms with Gasteiger partial charge >= 0.3 is 7.91 Å². The predicted molar refractivity (Wildman–Crippen MR) is 50.4 cm³/mol. The van der Waals surface area contributed by atoms with Crippen LogP contribution in [0.1, 0.15) is 39.5 Å². The lowest BCUT2D eigenvalue weighted by Gasteiger charge is -2.08. The monoisotopic (exact) mass is 212 g/mol. The molecule has 80 valence electrons. The highest BCUT2D eigenvalue weighted by Crippen LogP contribution is 2.49. The average Bonchev–Trinajstić information content (AvgIpc) is 2.09. The summed E-state index contributed by atoms with van der Waals surface area (Å²) in [5.41, 5.74) is 0. The van der Waals surface area contributed by atoms with Crippen molar-refractivity contribution in [1.29, 1.82) is 0 Å². The maximum Gasteiger partial charge on any atom is 0.513 e. The Kier molecular flexibility index (Phi) is 7.53. The van der Waals surface area contributed by atoms with E-state index in [0.29, 0.717) is 6.42 Å². The van der Waals surface area contributed by atoms with Gasteiger partial charge in [-0.25, -0.2) is 4.57 Å². The number of hydrogen-bond acceptors (Lipinski definition) is 3. The van der Waals surface area contributed by atoms with Crippen LogP contribution < -0.4 is 0 Å². The van der Waals surface area contributed by atoms with E-state index < -0.39 is 7.91 Å². The lowest BCUT2D eigenvalue weighted by atomic mass is 10.3. The van der Waals surface area contributed by atoms with Crippen LogP contribution in [0, 0.1) is 0 Å². The molecule has 0 N–H and O–H groups in total. The first-order valence-electron chi connectivity index (χ1n) is 4.71. The molecule has 5 heteroatoms. The van der Waals surface area contributed by atoms with Crippen molar-refractivity contribution in [2.75, 3.05) is 13.2 Å². The quantitative estimate of drug-likeness (QED) is 0.454. The zero-order valence-electron chi connectivity index (χ0n) is 8.29. The Morgan fingerprint density at radius 3 is 2.23 bits per heavy atom. The minimum Gasteiger partial charge on any atom is -0.284 e. The second-order valence-electron chi connectivity index (χ2n) is 2.80. The van der Waals surface area contributed by atoms with E-state index in [-0.39, 0.29) is 13.2 Å². The van der Waals surface area contributed by atoms with Gasteiger partial charge in [-0.15, -0.1) is 4.20 Å². The summed E-state index contributed by atoms with van der Waals surface area (Å²) in [7, 11) is -4.25. The van der Waals surface area contributed by atoms with Gasteiger partial charge in [0, 0.05) is 0 Å². The van der Waals surface area contributed by atoms with Gasteiger partial charge in [0.1, 0.15) is 0 Å². The topological polar surface area (TPSA) is 35.5 Å². The van der Waals surface area contributed by atoms with Gasteiger partial charge in [-0.3, -0.25) is 9.05 Å². The van der Waals surface area contributed by atoms with Gasteiger partial charge in [0.2, 0.25) is 0 Å². The predicted octanol–water partition coefficient (Wildman–Crippen LogP) is 3.70. The molecule has 0 saturated heterocycles. The SMILES string of the molecule is CCCCCOP(=O)(F)OCCC. The standard InChI is InChI=1S/C8H18FO3P/c1-3-5-6-8-12-13(9,10)11-7-4-2/h3-8H2,1-2H3. The molecular weight excluding hydrogens is 194 g/mol. The molecule has 0 rings (SSSR count). The largest absolute Gasteiger partial charge is 0.513 e. The fraction of sp³-hybridized carbons (Fsp3) is 1.00. The van der Waals surface area contributed by atoms with Gasteiger partial charge < -0.3 is 0 Å². The Labute approximate surface area is 79.3 Å². The molecule has 0 aliphatic carbocycles. The molecule has 1 unspecified atom stereocenters. The van der Waals surface area contributed by atoms with Crippen molar-refractivity contribution in [3.8, 4) is 0 Å². The summed E-state index contributed by atoms with van der Waals surface area (Å²) in [6.45, 7) is 4.16. The summed E-state index contributed by atoms with van der Waals surface area (Å²) in [5.74, 6) is 0. The first kappa shape index (κ1) is 13.1. The van der Waals surface area contributed by atoms with Gasteiger partial charge in [-0.2, -0.15) is 0 Å². The molecule has 3 nitrogen and oxygen atoms in total. The van der Waals surface area contributed by atoms with Crippen molar-refractivity contribution in [1.82, 2.24) is 0 Å². The highest BCUT2D eigenvalue weighted by molar-refractivity contribution is 7.48. The fourth-order valence-electron chi connectivity index (χ4n) is 0.763. The van der Waals surface area contributed by atoms with Crippen LogP contribution in [-0.2, 0) is 13.6 Å². The van der Waals surface area contributed by atoms with Crippen molar-refractivity contribution in [3.05, 3.63) is 0 Å². The molecule has 0 radical (unpaired) electrons. The van der Waals surface area contributed by atoms with E-state index in [9.17, 15) is 8.76 Å². The minimum atomic E-state index is -4.25. The summed E-state index contributed by atoms with van der Waals surface area (Å²) >= 11 is 0. The molecular formula is C8H18FO3P. The molecule has 0 fully saturated rings. The number of hydrogen-bond donors (Lipinski definition) is 0. The Hall–Kier alpha value is 0.0800. The van der Waals surface area contributed by atoms with Crippen LogP contribution in [0.2, 0.25) is 0 Å². The molecule has 0 bridgehead atoms. The molecule has 0 amide bonds. The Balaban J connectivity index is 3.45. The number of halogens is 1. The third-order valence-corrected chi connectivity index (χ3v) is 2.42. The lowest BCUT2D eigenvalue weighted by Crippen LogP contribution is -1.95. The van der Waals surface area contributed by atoms with E-state index >= 15 is 0 Å². The van der Waals surface area contributed by atoms with Crippen molar-refractivity contribution in [3.63, 3.8) is 0 Å². The summed E-state index contributed by atoms with van der Waals surface area (Å²) in [6, 6.07) is 0. The van der Waals surface area contributed by atoms with Gasteiger partial charge in [-0.05, 0) is 12.8 Å². The Morgan fingerprint density at radius 2 is 1.69 bits per heavy atom. The van der Waals surface area contributed by atoms with Crippen molar-refractivity contribution >= 4 is 7.91 Å². The summed E-state index contributed by atoms with van der Waals surface area (Å²) in [4.78, 5) is 0. The summed E-state index contributed by atoms with van der Waals surface area (Å²) in [5, 5.41) is 0. The first-order valence-corrected chi connectivity index (χ1v) is 6.14. The summed E-state index contributed by atoms with van der Waals surface area (Å²) in [6.07, 6.45) is 3.33. The maximum atomic E-state index is 12.8. The molecule has 1 atom stereocenters. The van der Waals surface area contributed by atoms with Crippen molar-refractivity contribution in [2.45, 2.75) is 39.5 Å². The van der Waals surface area contributed by atoms with Crippen molar-refractivity contribution in [2.24, 2.45) is 0 Å². The van der Waals surface area contributed by atoms with Gasteiger partial charge in [0.15, 0.2) is 0 Å². The molecule has 0 aliphatic rings. The molecule has 0 spiro atoms. The molecule has 0 saturated carbocycles. The van der Waals surface area contributed by atoms with Crippen LogP contribution in [0.15, 0.2) is 0 Å². The second kappa shape index (κ2) is 7.48. The van der Waals surface area contributed by atoms with E-state index in [2.05, 4.69) is 9.05 Å². The van der Waals surface area contributed by atoms with E-state index in [4.69, 9.17) is 0 Å². The fourth-order valence-corrected chi connectivity index (χ4v) is 1.59. The van der Waals surface area contributed by atoms with Gasteiger partial charge in [0.05, 0.1) is 13.2 Å². The highest BCUT2D eigenvalue weighted by Gasteiger charge is 2.22. The van der Waals surface area contributed by atoms with Crippen LogP contribution in [0.4, 0.5) is 4.20 Å². The zero-order valence-corrected chi connectivity index (χ0v) is 9.19. The van der Waals surface area contributed by atoms with E-state index in [1.165, 1.54) is 0 Å². The van der Waals surface area contributed by atoms with E-state index in [1.807, 2.05) is 13.8 Å².